The Bertz CT molecular complexity index is 443. The number of thioether (sulfide) groups is 1. The molecular formula is C13H23BN2O2S. The van der Waals surface area contributed by atoms with Crippen LogP contribution in [0.2, 0.25) is 0 Å². The third kappa shape index (κ3) is 2.71. The zero-order chi connectivity index (χ0) is 14.3. The molecule has 2 heterocycles. The quantitative estimate of drug-likeness (QED) is 0.791. The van der Waals surface area contributed by atoms with Gasteiger partial charge in [-0.25, -0.2) is 0 Å². The molecule has 1 aliphatic rings. The SMILES string of the molecule is CCSCc1cnn(C)c1B1OC(C)(C)C(C)(C)O1. The topological polar surface area (TPSA) is 36.3 Å². The van der Waals surface area contributed by atoms with Crippen molar-refractivity contribution in [3.63, 3.8) is 0 Å². The first-order valence-corrected chi connectivity index (χ1v) is 7.88. The lowest BCUT2D eigenvalue weighted by Gasteiger charge is -2.32. The fourth-order valence-electron chi connectivity index (χ4n) is 2.07. The van der Waals surface area contributed by atoms with E-state index in [1.807, 2.05) is 29.7 Å². The summed E-state index contributed by atoms with van der Waals surface area (Å²) < 4.78 is 14.1. The Morgan fingerprint density at radius 1 is 1.26 bits per heavy atom. The molecule has 0 amide bonds. The Morgan fingerprint density at radius 3 is 2.37 bits per heavy atom. The van der Waals surface area contributed by atoms with Gasteiger partial charge in [0, 0.05) is 12.8 Å². The van der Waals surface area contributed by atoms with Gasteiger partial charge in [-0.1, -0.05) is 6.92 Å². The maximum Gasteiger partial charge on any atom is 0.514 e. The summed E-state index contributed by atoms with van der Waals surface area (Å²) in [7, 11) is 1.62. The number of hydrogen-bond acceptors (Lipinski definition) is 4. The van der Waals surface area contributed by atoms with E-state index in [0.717, 1.165) is 17.1 Å². The fraction of sp³-hybridized carbons (Fsp3) is 0.769. The number of rotatable bonds is 4. The van der Waals surface area contributed by atoms with Crippen molar-refractivity contribution < 1.29 is 9.31 Å². The van der Waals surface area contributed by atoms with Crippen LogP contribution in [0, 0.1) is 0 Å². The highest BCUT2D eigenvalue weighted by Gasteiger charge is 2.53. The average Bonchev–Trinajstić information content (AvgIpc) is 2.74. The van der Waals surface area contributed by atoms with Crippen LogP contribution < -0.4 is 5.59 Å². The number of aryl methyl sites for hydroxylation is 1. The molecule has 1 aliphatic heterocycles. The van der Waals surface area contributed by atoms with Crippen molar-refractivity contribution in [3.8, 4) is 0 Å². The van der Waals surface area contributed by atoms with Gasteiger partial charge in [0.05, 0.1) is 23.0 Å². The molecule has 19 heavy (non-hydrogen) atoms. The second kappa shape index (κ2) is 5.15. The Labute approximate surface area is 120 Å². The molecule has 6 heteroatoms. The van der Waals surface area contributed by atoms with Crippen LogP contribution in [0.3, 0.4) is 0 Å². The maximum absolute atomic E-state index is 6.12. The van der Waals surface area contributed by atoms with Crippen LogP contribution in [0.1, 0.15) is 40.2 Å². The summed E-state index contributed by atoms with van der Waals surface area (Å²) in [6, 6.07) is 0. The van der Waals surface area contributed by atoms with Gasteiger partial charge in [-0.05, 0) is 39.0 Å². The Balaban J connectivity index is 2.26. The van der Waals surface area contributed by atoms with Gasteiger partial charge in [-0.15, -0.1) is 0 Å². The predicted octanol–water partition coefficient (Wildman–Crippen LogP) is 1.97. The first-order valence-electron chi connectivity index (χ1n) is 6.72. The maximum atomic E-state index is 6.12. The van der Waals surface area contributed by atoms with E-state index < -0.39 is 0 Å². The minimum Gasteiger partial charge on any atom is -0.398 e. The van der Waals surface area contributed by atoms with Crippen molar-refractivity contribution in [3.05, 3.63) is 11.8 Å². The smallest absolute Gasteiger partial charge is 0.398 e. The van der Waals surface area contributed by atoms with E-state index in [2.05, 4.69) is 39.7 Å². The molecule has 0 saturated carbocycles. The lowest BCUT2D eigenvalue weighted by molar-refractivity contribution is 0.00578. The van der Waals surface area contributed by atoms with Gasteiger partial charge in [0.25, 0.3) is 0 Å². The molecule has 1 aromatic rings. The summed E-state index contributed by atoms with van der Waals surface area (Å²) in [4.78, 5) is 0. The molecule has 2 rings (SSSR count). The average molecular weight is 282 g/mol. The summed E-state index contributed by atoms with van der Waals surface area (Å²) in [5.74, 6) is 2.04. The molecule has 0 aromatic carbocycles. The molecule has 0 radical (unpaired) electrons. The lowest BCUT2D eigenvalue weighted by atomic mass is 9.82. The van der Waals surface area contributed by atoms with E-state index in [1.165, 1.54) is 5.56 Å². The van der Waals surface area contributed by atoms with Crippen LogP contribution in [-0.4, -0.2) is 33.9 Å². The van der Waals surface area contributed by atoms with Gasteiger partial charge in [0.15, 0.2) is 0 Å². The van der Waals surface area contributed by atoms with Crippen LogP contribution in [-0.2, 0) is 22.1 Å². The molecule has 1 fully saturated rings. The van der Waals surface area contributed by atoms with Gasteiger partial charge in [-0.3, -0.25) is 4.68 Å². The van der Waals surface area contributed by atoms with Crippen molar-refractivity contribution in [1.82, 2.24) is 9.78 Å². The summed E-state index contributed by atoms with van der Waals surface area (Å²) >= 11 is 1.88. The Hall–Kier alpha value is -0.455. The third-order valence-corrected chi connectivity index (χ3v) is 4.93. The van der Waals surface area contributed by atoms with E-state index in [-0.39, 0.29) is 18.3 Å². The first kappa shape index (κ1) is 14.9. The highest BCUT2D eigenvalue weighted by atomic mass is 32.2. The van der Waals surface area contributed by atoms with Crippen LogP contribution >= 0.6 is 11.8 Å². The van der Waals surface area contributed by atoms with E-state index >= 15 is 0 Å². The predicted molar refractivity (Wildman–Crippen MR) is 80.8 cm³/mol. The molecule has 106 valence electrons. The fourth-order valence-corrected chi connectivity index (χ4v) is 2.72. The van der Waals surface area contributed by atoms with Crippen molar-refractivity contribution in [2.24, 2.45) is 7.05 Å². The number of hydrogen-bond donors (Lipinski definition) is 0. The lowest BCUT2D eigenvalue weighted by Crippen LogP contribution is -2.41. The molecule has 1 aromatic heterocycles. The zero-order valence-corrected chi connectivity index (χ0v) is 13.5. The normalized spacial score (nSPS) is 21.1. The van der Waals surface area contributed by atoms with Crippen LogP contribution in [0.15, 0.2) is 6.20 Å². The van der Waals surface area contributed by atoms with Crippen LogP contribution in [0.5, 0.6) is 0 Å². The molecule has 0 atom stereocenters. The van der Waals surface area contributed by atoms with E-state index in [4.69, 9.17) is 9.31 Å². The summed E-state index contributed by atoms with van der Waals surface area (Å²) in [5, 5.41) is 4.35. The largest absolute Gasteiger partial charge is 0.514 e. The second-order valence-electron chi connectivity index (χ2n) is 5.90. The molecule has 4 nitrogen and oxygen atoms in total. The minimum absolute atomic E-state index is 0.308. The molecule has 0 unspecified atom stereocenters. The van der Waals surface area contributed by atoms with Crippen molar-refractivity contribution in [1.29, 1.82) is 0 Å². The summed E-state index contributed by atoms with van der Waals surface area (Å²) in [5.41, 5.74) is 1.63. The summed E-state index contributed by atoms with van der Waals surface area (Å²) in [6.45, 7) is 10.5. The molecule has 0 aliphatic carbocycles. The van der Waals surface area contributed by atoms with E-state index in [9.17, 15) is 0 Å². The van der Waals surface area contributed by atoms with Crippen LogP contribution in [0.25, 0.3) is 0 Å². The number of aromatic nitrogens is 2. The first-order chi connectivity index (χ1) is 8.78. The highest BCUT2D eigenvalue weighted by Crippen LogP contribution is 2.36. The van der Waals surface area contributed by atoms with Gasteiger partial charge in [-0.2, -0.15) is 16.9 Å². The number of nitrogens with zero attached hydrogens (tertiary/aromatic N) is 2. The molecule has 0 bridgehead atoms. The van der Waals surface area contributed by atoms with Gasteiger partial charge in [0.2, 0.25) is 0 Å². The highest BCUT2D eigenvalue weighted by molar-refractivity contribution is 7.98. The van der Waals surface area contributed by atoms with Gasteiger partial charge < -0.3 is 9.31 Å². The standard InChI is InChI=1S/C13H23BN2O2S/c1-7-19-9-10-8-15-16(6)11(10)14-17-12(2,3)13(4,5)18-14/h8H,7,9H2,1-6H3. The molecule has 0 spiro atoms. The zero-order valence-electron chi connectivity index (χ0n) is 12.7. The summed E-state index contributed by atoms with van der Waals surface area (Å²) in [6.07, 6.45) is 1.92. The molecule has 0 N–H and O–H groups in total. The van der Waals surface area contributed by atoms with E-state index in [1.54, 1.807) is 0 Å². The monoisotopic (exact) mass is 282 g/mol. The third-order valence-electron chi connectivity index (χ3n) is 4.00. The minimum atomic E-state index is -0.329. The van der Waals surface area contributed by atoms with Crippen molar-refractivity contribution in [2.45, 2.75) is 51.6 Å². The second-order valence-corrected chi connectivity index (χ2v) is 7.18. The van der Waals surface area contributed by atoms with Crippen LogP contribution in [0.4, 0.5) is 0 Å². The Morgan fingerprint density at radius 2 is 1.84 bits per heavy atom. The van der Waals surface area contributed by atoms with Crippen molar-refractivity contribution >= 4 is 24.5 Å². The van der Waals surface area contributed by atoms with Gasteiger partial charge >= 0.3 is 7.12 Å². The van der Waals surface area contributed by atoms with Gasteiger partial charge in [0.1, 0.15) is 0 Å². The molecule has 1 saturated heterocycles. The Kier molecular flexibility index (Phi) is 4.05. The molecular weight excluding hydrogens is 259 g/mol. The van der Waals surface area contributed by atoms with E-state index in [0.29, 0.717) is 0 Å². The van der Waals surface area contributed by atoms with Crippen molar-refractivity contribution in [2.75, 3.05) is 5.75 Å².